The Hall–Kier alpha value is -4.25. The summed E-state index contributed by atoms with van der Waals surface area (Å²) in [5, 5.41) is 24.7. The normalized spacial score (nSPS) is 18.1. The van der Waals surface area contributed by atoms with Crippen LogP contribution in [-0.2, 0) is 0 Å². The molecule has 1 fully saturated rings. The Kier molecular flexibility index (Phi) is 7.60. The second-order valence-electron chi connectivity index (χ2n) is 10.3. The number of benzene rings is 3. The summed E-state index contributed by atoms with van der Waals surface area (Å²) in [6.07, 6.45) is 4.74. The lowest BCUT2D eigenvalue weighted by molar-refractivity contribution is 0.0903. The Bertz CT molecular complexity index is 1520. The van der Waals surface area contributed by atoms with Crippen molar-refractivity contribution in [1.82, 2.24) is 20.8 Å². The number of rotatable bonds is 6. The largest absolute Gasteiger partial charge is 0.454 e. The van der Waals surface area contributed by atoms with E-state index < -0.39 is 0 Å². The lowest BCUT2D eigenvalue weighted by atomic mass is 9.83. The molecule has 0 saturated carbocycles. The van der Waals surface area contributed by atoms with Crippen LogP contribution in [0.3, 0.4) is 0 Å². The Morgan fingerprint density at radius 1 is 1.08 bits per heavy atom. The quantitative estimate of drug-likeness (QED) is 0.292. The van der Waals surface area contributed by atoms with E-state index in [-0.39, 0.29) is 28.6 Å². The van der Waals surface area contributed by atoms with Crippen LogP contribution in [0.2, 0.25) is 5.02 Å². The molecule has 196 valence electrons. The Balaban J connectivity index is 1.32. The topological polar surface area (TPSA) is 99.9 Å². The fourth-order valence-corrected chi connectivity index (χ4v) is 5.34. The highest BCUT2D eigenvalue weighted by Gasteiger charge is 2.34. The minimum absolute atomic E-state index is 0.00254. The van der Waals surface area contributed by atoms with Crippen LogP contribution in [0, 0.1) is 11.3 Å². The van der Waals surface area contributed by atoms with Gasteiger partial charge in [-0.3, -0.25) is 4.79 Å². The standard InChI is InChI=1S/C31H28ClN5O2/c1-31(2)17-23(16-27(37-31)20-7-4-3-5-8-20)36-30(38)21-11-12-29(26(32)15-21)39-28-10-6-9-24(25(28)18-33)22-13-14-34-35-19-22/h3-15,19,23,27,37H,16-17H2,1-2H3,(H,36,38). The predicted molar refractivity (Wildman–Crippen MR) is 151 cm³/mol. The van der Waals surface area contributed by atoms with E-state index >= 15 is 0 Å². The summed E-state index contributed by atoms with van der Waals surface area (Å²) in [5.41, 5.74) is 3.29. The van der Waals surface area contributed by atoms with Gasteiger partial charge < -0.3 is 15.4 Å². The van der Waals surface area contributed by atoms with Crippen LogP contribution in [-0.4, -0.2) is 27.7 Å². The number of carbonyl (C=O) groups excluding carboxylic acids is 1. The first-order valence-corrected chi connectivity index (χ1v) is 13.1. The number of hydrogen-bond acceptors (Lipinski definition) is 6. The molecule has 0 radical (unpaired) electrons. The molecule has 0 spiro atoms. The molecule has 0 bridgehead atoms. The van der Waals surface area contributed by atoms with Crippen LogP contribution in [0.25, 0.3) is 11.1 Å². The maximum atomic E-state index is 13.2. The van der Waals surface area contributed by atoms with E-state index in [1.54, 1.807) is 48.8 Å². The maximum Gasteiger partial charge on any atom is 0.251 e. The summed E-state index contributed by atoms with van der Waals surface area (Å²) < 4.78 is 6.04. The number of hydrogen-bond donors (Lipinski definition) is 2. The fraction of sp³-hybridized carbons (Fsp3) is 0.226. The van der Waals surface area contributed by atoms with Crippen molar-refractivity contribution in [2.24, 2.45) is 0 Å². The molecule has 2 atom stereocenters. The monoisotopic (exact) mass is 537 g/mol. The van der Waals surface area contributed by atoms with Crippen LogP contribution in [0.1, 0.15) is 54.2 Å². The molecule has 7 nitrogen and oxygen atoms in total. The fourth-order valence-electron chi connectivity index (χ4n) is 5.12. The number of nitrogens with one attached hydrogen (secondary N) is 2. The van der Waals surface area contributed by atoms with E-state index in [9.17, 15) is 10.1 Å². The van der Waals surface area contributed by atoms with Crippen LogP contribution < -0.4 is 15.4 Å². The molecule has 2 heterocycles. The molecule has 1 aromatic heterocycles. The van der Waals surface area contributed by atoms with E-state index in [1.165, 1.54) is 5.56 Å². The van der Waals surface area contributed by atoms with Crippen LogP contribution in [0.4, 0.5) is 0 Å². The predicted octanol–water partition coefficient (Wildman–Crippen LogP) is 6.46. The molecule has 39 heavy (non-hydrogen) atoms. The third kappa shape index (κ3) is 6.09. The van der Waals surface area contributed by atoms with Gasteiger partial charge in [-0.1, -0.05) is 54.1 Å². The van der Waals surface area contributed by atoms with E-state index in [0.717, 1.165) is 18.4 Å². The molecule has 0 aliphatic carbocycles. The van der Waals surface area contributed by atoms with Gasteiger partial charge >= 0.3 is 0 Å². The Morgan fingerprint density at radius 2 is 1.90 bits per heavy atom. The first-order chi connectivity index (χ1) is 18.8. The lowest BCUT2D eigenvalue weighted by Gasteiger charge is -2.42. The van der Waals surface area contributed by atoms with Crippen molar-refractivity contribution >= 4 is 17.5 Å². The maximum absolute atomic E-state index is 13.2. The first-order valence-electron chi connectivity index (χ1n) is 12.7. The Labute approximate surface area is 232 Å². The van der Waals surface area contributed by atoms with Crippen molar-refractivity contribution in [3.05, 3.63) is 107 Å². The minimum Gasteiger partial charge on any atom is -0.454 e. The molecule has 2 unspecified atom stereocenters. The second kappa shape index (κ2) is 11.2. The summed E-state index contributed by atoms with van der Waals surface area (Å²) in [7, 11) is 0. The smallest absolute Gasteiger partial charge is 0.251 e. The molecule has 2 N–H and O–H groups in total. The van der Waals surface area contributed by atoms with E-state index in [0.29, 0.717) is 28.2 Å². The molecule has 1 amide bonds. The van der Waals surface area contributed by atoms with Crippen molar-refractivity contribution in [2.75, 3.05) is 0 Å². The molecular weight excluding hydrogens is 510 g/mol. The molecule has 3 aromatic carbocycles. The first kappa shape index (κ1) is 26.4. The zero-order valence-electron chi connectivity index (χ0n) is 21.7. The summed E-state index contributed by atoms with van der Waals surface area (Å²) >= 11 is 6.55. The zero-order valence-corrected chi connectivity index (χ0v) is 22.4. The van der Waals surface area contributed by atoms with Gasteiger partial charge in [-0.15, -0.1) is 0 Å². The molecule has 1 saturated heterocycles. The Morgan fingerprint density at radius 3 is 2.62 bits per heavy atom. The molecule has 4 aromatic rings. The zero-order chi connectivity index (χ0) is 27.4. The van der Waals surface area contributed by atoms with Gasteiger partial charge in [0.25, 0.3) is 5.91 Å². The molecule has 8 heteroatoms. The van der Waals surface area contributed by atoms with Crippen LogP contribution in [0.15, 0.2) is 85.2 Å². The summed E-state index contributed by atoms with van der Waals surface area (Å²) in [6.45, 7) is 4.31. The van der Waals surface area contributed by atoms with E-state index in [1.807, 2.05) is 24.3 Å². The third-order valence-corrected chi connectivity index (χ3v) is 7.12. The van der Waals surface area contributed by atoms with Gasteiger partial charge in [-0.2, -0.15) is 15.5 Å². The lowest BCUT2D eigenvalue weighted by Crippen LogP contribution is -2.54. The van der Waals surface area contributed by atoms with Gasteiger partial charge in [0, 0.05) is 34.3 Å². The van der Waals surface area contributed by atoms with Crippen molar-refractivity contribution in [1.29, 1.82) is 5.26 Å². The summed E-state index contributed by atoms with van der Waals surface area (Å²) in [4.78, 5) is 13.2. The van der Waals surface area contributed by atoms with E-state index in [2.05, 4.69) is 52.9 Å². The highest BCUT2D eigenvalue weighted by molar-refractivity contribution is 6.32. The number of carbonyl (C=O) groups is 1. The number of nitriles is 1. The number of nitrogens with zero attached hydrogens (tertiary/aromatic N) is 3. The molecular formula is C31H28ClN5O2. The number of halogens is 1. The van der Waals surface area contributed by atoms with Crippen molar-refractivity contribution in [3.63, 3.8) is 0 Å². The van der Waals surface area contributed by atoms with E-state index in [4.69, 9.17) is 16.3 Å². The average molecular weight is 538 g/mol. The number of aromatic nitrogens is 2. The minimum atomic E-state index is -0.192. The van der Waals surface area contributed by atoms with Gasteiger partial charge in [-0.05, 0) is 62.6 Å². The second-order valence-corrected chi connectivity index (χ2v) is 10.7. The SMILES string of the molecule is CC1(C)CC(NC(=O)c2ccc(Oc3cccc(-c4ccnnc4)c3C#N)c(Cl)c2)CC(c2ccccc2)N1. The van der Waals surface area contributed by atoms with Crippen molar-refractivity contribution in [3.8, 4) is 28.7 Å². The number of amides is 1. The third-order valence-electron chi connectivity index (χ3n) is 6.83. The van der Waals surface area contributed by atoms with Gasteiger partial charge in [0.2, 0.25) is 0 Å². The van der Waals surface area contributed by atoms with Gasteiger partial charge in [0.15, 0.2) is 0 Å². The molecule has 1 aliphatic rings. The summed E-state index contributed by atoms with van der Waals surface area (Å²) in [5.74, 6) is 0.513. The number of ether oxygens (including phenoxy) is 1. The highest BCUT2D eigenvalue weighted by Crippen LogP contribution is 2.36. The average Bonchev–Trinajstić information content (AvgIpc) is 2.94. The molecule has 1 aliphatic heterocycles. The van der Waals surface area contributed by atoms with Crippen LogP contribution >= 0.6 is 11.6 Å². The number of piperidine rings is 1. The summed E-state index contributed by atoms with van der Waals surface area (Å²) in [6, 6.07) is 24.7. The van der Waals surface area contributed by atoms with Gasteiger partial charge in [0.1, 0.15) is 23.1 Å². The highest BCUT2D eigenvalue weighted by atomic mass is 35.5. The van der Waals surface area contributed by atoms with Crippen molar-refractivity contribution in [2.45, 2.75) is 44.3 Å². The van der Waals surface area contributed by atoms with Gasteiger partial charge in [0.05, 0.1) is 17.4 Å². The molecule has 5 rings (SSSR count). The van der Waals surface area contributed by atoms with Crippen LogP contribution in [0.5, 0.6) is 11.5 Å². The van der Waals surface area contributed by atoms with Crippen molar-refractivity contribution < 1.29 is 9.53 Å². The van der Waals surface area contributed by atoms with Gasteiger partial charge in [-0.25, -0.2) is 0 Å².